The van der Waals surface area contributed by atoms with Gasteiger partial charge in [0.25, 0.3) is 0 Å². The van der Waals surface area contributed by atoms with Crippen molar-refractivity contribution in [2.24, 2.45) is 0 Å². The summed E-state index contributed by atoms with van der Waals surface area (Å²) < 4.78 is 27.4. The molecule has 124 valence electrons. The molecule has 1 saturated carbocycles. The molecule has 1 saturated heterocycles. The molecule has 2 aromatic rings. The lowest BCUT2D eigenvalue weighted by Gasteiger charge is -2.33. The molecule has 1 aliphatic carbocycles. The minimum atomic E-state index is -3.15. The van der Waals surface area contributed by atoms with Crippen molar-refractivity contribution in [2.45, 2.75) is 49.7 Å². The molecule has 0 bridgehead atoms. The molecule has 6 nitrogen and oxygen atoms in total. The first-order chi connectivity index (χ1) is 11.1. The van der Waals surface area contributed by atoms with Crippen LogP contribution in [0.3, 0.4) is 0 Å². The summed E-state index contributed by atoms with van der Waals surface area (Å²) in [5.41, 5.74) is 1.74. The fourth-order valence-electron chi connectivity index (χ4n) is 3.88. The molecule has 3 heterocycles. The van der Waals surface area contributed by atoms with E-state index in [-0.39, 0.29) is 11.2 Å². The maximum atomic E-state index is 12.8. The van der Waals surface area contributed by atoms with Crippen LogP contribution < -0.4 is 0 Å². The lowest BCUT2D eigenvalue weighted by atomic mass is 9.95. The van der Waals surface area contributed by atoms with Gasteiger partial charge in [-0.05, 0) is 37.8 Å². The maximum absolute atomic E-state index is 12.8. The van der Waals surface area contributed by atoms with Crippen molar-refractivity contribution >= 4 is 21.1 Å². The molecule has 0 spiro atoms. The first-order valence-electron chi connectivity index (χ1n) is 8.43. The van der Waals surface area contributed by atoms with E-state index in [4.69, 9.17) is 0 Å². The Morgan fingerprint density at radius 3 is 2.78 bits per heavy atom. The van der Waals surface area contributed by atoms with Gasteiger partial charge in [0.15, 0.2) is 5.65 Å². The number of fused-ring (bicyclic) bond motifs is 1. The number of H-pyrrole nitrogens is 1. The number of nitrogens with one attached hydrogen (secondary N) is 1. The number of hydrogen-bond acceptors (Lipinski definition) is 4. The zero-order valence-corrected chi connectivity index (χ0v) is 13.9. The van der Waals surface area contributed by atoms with Gasteiger partial charge in [-0.3, -0.25) is 5.10 Å². The van der Waals surface area contributed by atoms with E-state index in [1.807, 2.05) is 12.1 Å². The lowest BCUT2D eigenvalue weighted by molar-refractivity contribution is 0.309. The summed E-state index contributed by atoms with van der Waals surface area (Å²) in [6.07, 6.45) is 7.37. The van der Waals surface area contributed by atoms with Crippen LogP contribution in [-0.4, -0.2) is 46.2 Å². The second kappa shape index (κ2) is 5.87. The number of hydrogen-bond donors (Lipinski definition) is 1. The third-order valence-electron chi connectivity index (χ3n) is 5.21. The number of rotatable bonds is 3. The van der Waals surface area contributed by atoms with Crippen LogP contribution >= 0.6 is 0 Å². The zero-order valence-electron chi connectivity index (χ0n) is 13.1. The summed E-state index contributed by atoms with van der Waals surface area (Å²) in [6, 6.07) is 4.01. The third kappa shape index (κ3) is 2.76. The Bertz CT molecular complexity index is 795. The Labute approximate surface area is 136 Å². The first kappa shape index (κ1) is 15.1. The fraction of sp³-hybridized carbons (Fsp3) is 0.625. The van der Waals surface area contributed by atoms with Crippen LogP contribution in [-0.2, 0) is 10.0 Å². The number of sulfonamides is 1. The number of pyridine rings is 1. The van der Waals surface area contributed by atoms with E-state index in [0.717, 1.165) is 55.3 Å². The molecule has 2 fully saturated rings. The molecule has 1 atom stereocenters. The van der Waals surface area contributed by atoms with Gasteiger partial charge in [0.2, 0.25) is 10.0 Å². The van der Waals surface area contributed by atoms with E-state index in [1.54, 1.807) is 10.5 Å². The molecular weight excluding hydrogens is 312 g/mol. The third-order valence-corrected chi connectivity index (χ3v) is 7.57. The van der Waals surface area contributed by atoms with Gasteiger partial charge >= 0.3 is 0 Å². The topological polar surface area (TPSA) is 79.0 Å². The van der Waals surface area contributed by atoms with Gasteiger partial charge in [-0.1, -0.05) is 12.8 Å². The molecule has 0 unspecified atom stereocenters. The zero-order chi connectivity index (χ0) is 15.9. The van der Waals surface area contributed by atoms with Crippen molar-refractivity contribution in [3.8, 4) is 0 Å². The molecule has 7 heteroatoms. The first-order valence-corrected chi connectivity index (χ1v) is 9.94. The summed E-state index contributed by atoms with van der Waals surface area (Å²) in [5.74, 6) is 0.174. The molecule has 1 N–H and O–H groups in total. The summed E-state index contributed by atoms with van der Waals surface area (Å²) in [7, 11) is -3.15. The average molecular weight is 334 g/mol. The van der Waals surface area contributed by atoms with Crippen molar-refractivity contribution in [1.82, 2.24) is 19.5 Å². The van der Waals surface area contributed by atoms with Gasteiger partial charge in [-0.25, -0.2) is 17.7 Å². The van der Waals surface area contributed by atoms with Crippen LogP contribution in [0.15, 0.2) is 18.3 Å². The van der Waals surface area contributed by atoms with E-state index in [1.165, 1.54) is 0 Å². The standard InChI is InChI=1S/C16H22N4O2S/c21-23(22,14-5-1-2-6-14)20-9-3-4-13(11-20)15-8-7-12-10-17-19-16(12)18-15/h7-8,10,13-14H,1-6,9,11H2,(H,17,18,19)/t13-/m1/s1. The van der Waals surface area contributed by atoms with E-state index in [2.05, 4.69) is 15.2 Å². The number of piperidine rings is 1. The van der Waals surface area contributed by atoms with E-state index in [0.29, 0.717) is 13.1 Å². The van der Waals surface area contributed by atoms with Crippen molar-refractivity contribution < 1.29 is 8.42 Å². The highest BCUT2D eigenvalue weighted by Gasteiger charge is 2.37. The van der Waals surface area contributed by atoms with Crippen molar-refractivity contribution in [1.29, 1.82) is 0 Å². The predicted molar refractivity (Wildman–Crippen MR) is 88.6 cm³/mol. The molecule has 0 radical (unpaired) electrons. The Kier molecular flexibility index (Phi) is 3.85. The highest BCUT2D eigenvalue weighted by Crippen LogP contribution is 2.32. The van der Waals surface area contributed by atoms with Crippen LogP contribution in [0, 0.1) is 0 Å². The van der Waals surface area contributed by atoms with Crippen LogP contribution in [0.4, 0.5) is 0 Å². The highest BCUT2D eigenvalue weighted by molar-refractivity contribution is 7.89. The highest BCUT2D eigenvalue weighted by atomic mass is 32.2. The maximum Gasteiger partial charge on any atom is 0.217 e. The number of aromatic nitrogens is 3. The predicted octanol–water partition coefficient (Wildman–Crippen LogP) is 2.41. The molecule has 2 aromatic heterocycles. The molecule has 0 amide bonds. The van der Waals surface area contributed by atoms with Crippen molar-refractivity contribution in [3.63, 3.8) is 0 Å². The number of nitrogens with zero attached hydrogens (tertiary/aromatic N) is 3. The van der Waals surface area contributed by atoms with Gasteiger partial charge in [-0.2, -0.15) is 5.10 Å². The molecule has 23 heavy (non-hydrogen) atoms. The molecular formula is C16H22N4O2S. The van der Waals surface area contributed by atoms with Gasteiger partial charge in [0.05, 0.1) is 11.4 Å². The molecule has 1 aliphatic heterocycles. The van der Waals surface area contributed by atoms with Gasteiger partial charge in [-0.15, -0.1) is 0 Å². The van der Waals surface area contributed by atoms with Crippen LogP contribution in [0.1, 0.15) is 50.1 Å². The normalized spacial score (nSPS) is 24.4. The second-order valence-corrected chi connectivity index (χ2v) is 8.91. The van der Waals surface area contributed by atoms with Gasteiger partial charge in [0, 0.05) is 30.1 Å². The SMILES string of the molecule is O=S(=O)(C1CCCC1)N1CCC[C@@H](c2ccc3cn[nH]c3n2)C1. The summed E-state index contributed by atoms with van der Waals surface area (Å²) in [4.78, 5) is 4.63. The summed E-state index contributed by atoms with van der Waals surface area (Å²) in [5, 5.41) is 7.72. The Morgan fingerprint density at radius 2 is 1.96 bits per heavy atom. The fourth-order valence-corrected chi connectivity index (χ4v) is 6.00. The molecule has 4 rings (SSSR count). The van der Waals surface area contributed by atoms with Crippen molar-refractivity contribution in [2.75, 3.05) is 13.1 Å². The van der Waals surface area contributed by atoms with Crippen molar-refractivity contribution in [3.05, 3.63) is 24.0 Å². The van der Waals surface area contributed by atoms with Gasteiger partial charge < -0.3 is 0 Å². The van der Waals surface area contributed by atoms with Crippen LogP contribution in [0.25, 0.3) is 11.0 Å². The van der Waals surface area contributed by atoms with E-state index in [9.17, 15) is 8.42 Å². The minimum Gasteiger partial charge on any atom is -0.261 e. The largest absolute Gasteiger partial charge is 0.261 e. The minimum absolute atomic E-state index is 0.163. The van der Waals surface area contributed by atoms with Crippen LogP contribution in [0.5, 0.6) is 0 Å². The van der Waals surface area contributed by atoms with E-state index >= 15 is 0 Å². The summed E-state index contributed by atoms with van der Waals surface area (Å²) in [6.45, 7) is 1.22. The molecule has 0 aromatic carbocycles. The van der Waals surface area contributed by atoms with Crippen LogP contribution in [0.2, 0.25) is 0 Å². The Morgan fingerprint density at radius 1 is 1.13 bits per heavy atom. The monoisotopic (exact) mass is 334 g/mol. The van der Waals surface area contributed by atoms with E-state index < -0.39 is 10.0 Å². The second-order valence-electron chi connectivity index (χ2n) is 6.69. The molecule has 2 aliphatic rings. The Hall–Kier alpha value is -1.47. The average Bonchev–Trinajstić information content (AvgIpc) is 3.26. The lowest BCUT2D eigenvalue weighted by Crippen LogP contribution is -2.43. The number of aromatic amines is 1. The summed E-state index contributed by atoms with van der Waals surface area (Å²) >= 11 is 0. The Balaban J connectivity index is 1.56. The smallest absolute Gasteiger partial charge is 0.217 e. The quantitative estimate of drug-likeness (QED) is 0.935. The van der Waals surface area contributed by atoms with Gasteiger partial charge in [0.1, 0.15) is 0 Å².